The monoisotopic (exact) mass is 350 g/mol. The van der Waals surface area contributed by atoms with Gasteiger partial charge in [-0.15, -0.1) is 0 Å². The zero-order chi connectivity index (χ0) is 15.7. The number of thiocarbonyl (C=S) groups is 1. The minimum absolute atomic E-state index is 0.177. The van der Waals surface area contributed by atoms with Gasteiger partial charge in [0, 0.05) is 11.8 Å². The van der Waals surface area contributed by atoms with Crippen LogP contribution in [0.1, 0.15) is 5.56 Å². The van der Waals surface area contributed by atoms with E-state index in [1.807, 2.05) is 0 Å². The van der Waals surface area contributed by atoms with Crippen molar-refractivity contribution in [3.8, 4) is 0 Å². The first-order chi connectivity index (χ1) is 10.6. The molecule has 1 aromatic carbocycles. The molecule has 22 heavy (non-hydrogen) atoms. The zero-order valence-electron chi connectivity index (χ0n) is 11.0. The number of halogens is 2. The second kappa shape index (κ2) is 6.16. The molecule has 0 radical (unpaired) electrons. The topological polar surface area (TPSA) is 33.2 Å². The Morgan fingerprint density at radius 2 is 2.14 bits per heavy atom. The normalized spacial score (nSPS) is 16.6. The van der Waals surface area contributed by atoms with Gasteiger partial charge in [-0.2, -0.15) is 0 Å². The first-order valence-electron chi connectivity index (χ1n) is 6.20. The summed E-state index contributed by atoms with van der Waals surface area (Å²) in [5, 5.41) is 0.242. The van der Waals surface area contributed by atoms with Gasteiger partial charge in [-0.05, 0) is 30.3 Å². The van der Waals surface area contributed by atoms with Crippen LogP contribution in [-0.4, -0.2) is 15.2 Å². The van der Waals surface area contributed by atoms with Gasteiger partial charge in [0.05, 0.1) is 21.8 Å². The minimum Gasteiger partial charge on any atom is -0.268 e. The molecule has 1 fully saturated rings. The van der Waals surface area contributed by atoms with E-state index in [-0.39, 0.29) is 16.5 Å². The summed E-state index contributed by atoms with van der Waals surface area (Å²) >= 11 is 12.3. The van der Waals surface area contributed by atoms with Crippen molar-refractivity contribution in [2.45, 2.75) is 0 Å². The molecule has 0 unspecified atom stereocenters. The van der Waals surface area contributed by atoms with Crippen molar-refractivity contribution in [3.63, 3.8) is 0 Å². The van der Waals surface area contributed by atoms with E-state index in [9.17, 15) is 9.18 Å². The predicted molar refractivity (Wildman–Crippen MR) is 91.3 cm³/mol. The molecule has 1 aliphatic heterocycles. The number of anilines is 1. The molecule has 3 rings (SSSR count). The maximum Gasteiger partial charge on any atom is 0.270 e. The maximum atomic E-state index is 13.8. The Labute approximate surface area is 140 Å². The van der Waals surface area contributed by atoms with E-state index >= 15 is 0 Å². The molecule has 0 spiro atoms. The second-order valence-corrected chi connectivity index (χ2v) is 6.45. The number of rotatable bonds is 2. The summed E-state index contributed by atoms with van der Waals surface area (Å²) in [6, 6.07) is 7.82. The van der Waals surface area contributed by atoms with Crippen LogP contribution in [0.5, 0.6) is 0 Å². The number of hydrogen-bond donors (Lipinski definition) is 0. The summed E-state index contributed by atoms with van der Waals surface area (Å²) in [5.74, 6) is -0.804. The molecule has 110 valence electrons. The maximum absolute atomic E-state index is 13.8. The molecule has 0 aliphatic carbocycles. The average Bonchev–Trinajstić information content (AvgIpc) is 2.78. The Bertz CT molecular complexity index is 775. The highest BCUT2D eigenvalue weighted by atomic mass is 35.5. The predicted octanol–water partition coefficient (Wildman–Crippen LogP) is 4.28. The van der Waals surface area contributed by atoms with Gasteiger partial charge >= 0.3 is 0 Å². The standard InChI is InChI=1S/C15H8ClFN2OS2/c16-11-4-1-5-12(17)10(11)7-13-14(20)19(15(21)22-13)9-3-2-6-18-8-9/h1-8H/b13-7-. The molecule has 1 saturated heterocycles. The molecule has 2 aromatic rings. The van der Waals surface area contributed by atoms with E-state index in [1.54, 1.807) is 30.6 Å². The first kappa shape index (κ1) is 15.1. The van der Waals surface area contributed by atoms with Crippen LogP contribution in [-0.2, 0) is 4.79 Å². The van der Waals surface area contributed by atoms with E-state index < -0.39 is 5.82 Å². The third-order valence-electron chi connectivity index (χ3n) is 2.97. The first-order valence-corrected chi connectivity index (χ1v) is 7.80. The summed E-state index contributed by atoms with van der Waals surface area (Å²) < 4.78 is 14.2. The van der Waals surface area contributed by atoms with Crippen molar-refractivity contribution in [2.75, 3.05) is 4.90 Å². The number of hydrogen-bond acceptors (Lipinski definition) is 4. The van der Waals surface area contributed by atoms with Crippen LogP contribution >= 0.6 is 35.6 Å². The fourth-order valence-corrected chi connectivity index (χ4v) is 3.45. The number of carbonyl (C=O) groups excluding carboxylic acids is 1. The Kier molecular flexibility index (Phi) is 4.24. The van der Waals surface area contributed by atoms with Crippen LogP contribution in [0.25, 0.3) is 6.08 Å². The van der Waals surface area contributed by atoms with Crippen LogP contribution in [0.4, 0.5) is 10.1 Å². The zero-order valence-corrected chi connectivity index (χ0v) is 13.4. The van der Waals surface area contributed by atoms with Gasteiger partial charge in [0.25, 0.3) is 5.91 Å². The van der Waals surface area contributed by atoms with Gasteiger partial charge < -0.3 is 0 Å². The van der Waals surface area contributed by atoms with Crippen LogP contribution in [0.3, 0.4) is 0 Å². The molecule has 7 heteroatoms. The van der Waals surface area contributed by atoms with Crippen LogP contribution in [0.15, 0.2) is 47.6 Å². The molecule has 0 bridgehead atoms. The highest BCUT2D eigenvalue weighted by Crippen LogP contribution is 2.36. The van der Waals surface area contributed by atoms with E-state index in [0.717, 1.165) is 11.8 Å². The number of carbonyl (C=O) groups is 1. The van der Waals surface area contributed by atoms with Gasteiger partial charge in [0.1, 0.15) is 5.82 Å². The number of aromatic nitrogens is 1. The van der Waals surface area contributed by atoms with E-state index in [0.29, 0.717) is 14.9 Å². The fraction of sp³-hybridized carbons (Fsp3) is 0. The van der Waals surface area contributed by atoms with Crippen molar-refractivity contribution in [3.05, 3.63) is 64.0 Å². The smallest absolute Gasteiger partial charge is 0.268 e. The van der Waals surface area contributed by atoms with Gasteiger partial charge in [-0.1, -0.05) is 41.6 Å². The number of nitrogens with zero attached hydrogens (tertiary/aromatic N) is 2. The Balaban J connectivity index is 2.00. The molecular weight excluding hydrogens is 343 g/mol. The minimum atomic E-state index is -0.487. The van der Waals surface area contributed by atoms with Crippen LogP contribution in [0.2, 0.25) is 5.02 Å². The number of pyridine rings is 1. The molecule has 0 saturated carbocycles. The van der Waals surface area contributed by atoms with Gasteiger partial charge in [0.15, 0.2) is 4.32 Å². The number of amides is 1. The Morgan fingerprint density at radius 3 is 2.82 bits per heavy atom. The van der Waals surface area contributed by atoms with Gasteiger partial charge in [-0.25, -0.2) is 4.39 Å². The molecule has 1 aromatic heterocycles. The molecule has 2 heterocycles. The van der Waals surface area contributed by atoms with Crippen molar-refractivity contribution < 1.29 is 9.18 Å². The fourth-order valence-electron chi connectivity index (χ4n) is 1.96. The van der Waals surface area contributed by atoms with Crippen molar-refractivity contribution in [2.24, 2.45) is 0 Å². The summed E-state index contributed by atoms with van der Waals surface area (Å²) in [6.07, 6.45) is 4.58. The van der Waals surface area contributed by atoms with Crippen molar-refractivity contribution in [1.82, 2.24) is 4.98 Å². The highest BCUT2D eigenvalue weighted by Gasteiger charge is 2.33. The van der Waals surface area contributed by atoms with Crippen LogP contribution in [0, 0.1) is 5.82 Å². The number of thioether (sulfide) groups is 1. The highest BCUT2D eigenvalue weighted by molar-refractivity contribution is 8.27. The summed E-state index contributed by atoms with van der Waals surface area (Å²) in [4.78, 5) is 18.2. The largest absolute Gasteiger partial charge is 0.270 e. The van der Waals surface area contributed by atoms with Gasteiger partial charge in [-0.3, -0.25) is 14.7 Å². The summed E-state index contributed by atoms with van der Waals surface area (Å²) in [7, 11) is 0. The molecule has 0 atom stereocenters. The van der Waals surface area contributed by atoms with Gasteiger partial charge in [0.2, 0.25) is 0 Å². The average molecular weight is 351 g/mol. The Hall–Kier alpha value is -1.76. The molecule has 1 amide bonds. The van der Waals surface area contributed by atoms with E-state index in [1.165, 1.54) is 23.1 Å². The summed E-state index contributed by atoms with van der Waals surface area (Å²) in [6.45, 7) is 0. The van der Waals surface area contributed by atoms with Crippen molar-refractivity contribution in [1.29, 1.82) is 0 Å². The number of benzene rings is 1. The lowest BCUT2D eigenvalue weighted by atomic mass is 10.2. The summed E-state index contributed by atoms with van der Waals surface area (Å²) in [5.41, 5.74) is 0.754. The molecule has 0 N–H and O–H groups in total. The molecule has 1 aliphatic rings. The Morgan fingerprint density at radius 1 is 1.32 bits per heavy atom. The van der Waals surface area contributed by atoms with E-state index in [2.05, 4.69) is 4.98 Å². The lowest BCUT2D eigenvalue weighted by Crippen LogP contribution is -2.27. The lowest BCUT2D eigenvalue weighted by Gasteiger charge is -2.13. The van der Waals surface area contributed by atoms with Crippen molar-refractivity contribution >= 4 is 57.6 Å². The molecule has 3 nitrogen and oxygen atoms in total. The SMILES string of the molecule is O=C1/C(=C/c2c(F)cccc2Cl)SC(=S)N1c1cccnc1. The second-order valence-electron chi connectivity index (χ2n) is 4.36. The molecular formula is C15H8ClFN2OS2. The quantitative estimate of drug-likeness (QED) is 0.598. The lowest BCUT2D eigenvalue weighted by molar-refractivity contribution is -0.113. The van der Waals surface area contributed by atoms with Crippen LogP contribution < -0.4 is 4.90 Å². The van der Waals surface area contributed by atoms with E-state index in [4.69, 9.17) is 23.8 Å². The third-order valence-corrected chi connectivity index (χ3v) is 4.60. The third kappa shape index (κ3) is 2.77.